The number of hydrogen-bond acceptors (Lipinski definition) is 5. The molecule has 0 unspecified atom stereocenters. The van der Waals surface area contributed by atoms with Gasteiger partial charge >= 0.3 is 0 Å². The lowest BCUT2D eigenvalue weighted by Crippen LogP contribution is -3.13. The van der Waals surface area contributed by atoms with Crippen molar-refractivity contribution in [3.05, 3.63) is 47.0 Å². The van der Waals surface area contributed by atoms with Crippen LogP contribution >= 0.6 is 0 Å². The van der Waals surface area contributed by atoms with E-state index in [1.54, 1.807) is 33.5 Å². The maximum Gasteiger partial charge on any atom is 0.258 e. The molecule has 2 heterocycles. The number of fused-ring (bicyclic) bond motifs is 1. The third-order valence-corrected chi connectivity index (χ3v) is 5.90. The second-order valence-corrected chi connectivity index (χ2v) is 7.67. The van der Waals surface area contributed by atoms with E-state index in [1.807, 2.05) is 4.90 Å². The Morgan fingerprint density at radius 3 is 2.40 bits per heavy atom. The van der Waals surface area contributed by atoms with E-state index in [4.69, 9.17) is 18.9 Å². The van der Waals surface area contributed by atoms with Crippen LogP contribution in [0.4, 0.5) is 0 Å². The minimum absolute atomic E-state index is 0.0402. The molecule has 0 aromatic heterocycles. The van der Waals surface area contributed by atoms with Crippen LogP contribution in [-0.4, -0.2) is 64.9 Å². The molecule has 0 spiro atoms. The van der Waals surface area contributed by atoms with Crippen molar-refractivity contribution in [2.24, 2.45) is 0 Å². The van der Waals surface area contributed by atoms with Crippen LogP contribution in [0.2, 0.25) is 0 Å². The SMILES string of the molecule is COc1cc(OC)c(C(=O)N2CC[NH+](Cc3ccc4c(c3)CCO4)CC2)cc1OC. The molecule has 2 aliphatic rings. The number of nitrogens with zero attached hydrogens (tertiary/aromatic N) is 1. The average Bonchev–Trinajstić information content (AvgIpc) is 3.26. The molecule has 1 saturated heterocycles. The van der Waals surface area contributed by atoms with Gasteiger partial charge in [0.25, 0.3) is 5.91 Å². The van der Waals surface area contributed by atoms with Gasteiger partial charge in [0.1, 0.15) is 18.0 Å². The molecule has 4 rings (SSSR count). The van der Waals surface area contributed by atoms with Gasteiger partial charge in [-0.3, -0.25) is 4.79 Å². The number of carbonyl (C=O) groups excluding carboxylic acids is 1. The lowest BCUT2D eigenvalue weighted by Gasteiger charge is -2.32. The first kappa shape index (κ1) is 20.3. The normalized spacial score (nSPS) is 16.0. The molecule has 160 valence electrons. The Balaban J connectivity index is 1.41. The molecular weight excluding hydrogens is 384 g/mol. The number of nitrogens with one attached hydrogen (secondary N) is 1. The fraction of sp³-hybridized carbons (Fsp3) is 0.435. The van der Waals surface area contributed by atoms with Crippen LogP contribution in [-0.2, 0) is 13.0 Å². The summed E-state index contributed by atoms with van der Waals surface area (Å²) in [5.41, 5.74) is 3.13. The quantitative estimate of drug-likeness (QED) is 0.771. The van der Waals surface area contributed by atoms with Gasteiger partial charge in [-0.2, -0.15) is 0 Å². The highest BCUT2D eigenvalue weighted by atomic mass is 16.5. The predicted octanol–water partition coefficient (Wildman–Crippen LogP) is 1.19. The lowest BCUT2D eigenvalue weighted by atomic mass is 10.1. The zero-order chi connectivity index (χ0) is 21.1. The molecule has 0 saturated carbocycles. The maximum atomic E-state index is 13.2. The summed E-state index contributed by atoms with van der Waals surface area (Å²) >= 11 is 0. The summed E-state index contributed by atoms with van der Waals surface area (Å²) in [7, 11) is 4.68. The number of quaternary nitrogens is 1. The van der Waals surface area contributed by atoms with Gasteiger partial charge in [-0.15, -0.1) is 0 Å². The standard InChI is InChI=1S/C23H28N2O5/c1-27-20-14-22(29-3)21(28-2)13-18(20)23(26)25-9-7-24(8-10-25)15-16-4-5-19-17(12-16)6-11-30-19/h4-5,12-14H,6-11,15H2,1-3H3/p+1. The van der Waals surface area contributed by atoms with Crippen molar-refractivity contribution in [2.45, 2.75) is 13.0 Å². The Hall–Kier alpha value is -2.93. The van der Waals surface area contributed by atoms with Gasteiger partial charge in [0, 0.05) is 24.1 Å². The highest BCUT2D eigenvalue weighted by molar-refractivity contribution is 5.98. The van der Waals surface area contributed by atoms with Gasteiger partial charge in [0.05, 0.1) is 59.7 Å². The molecule has 1 amide bonds. The molecule has 0 aliphatic carbocycles. The zero-order valence-corrected chi connectivity index (χ0v) is 17.8. The van der Waals surface area contributed by atoms with Crippen molar-refractivity contribution in [3.8, 4) is 23.0 Å². The summed E-state index contributed by atoms with van der Waals surface area (Å²) in [4.78, 5) is 16.5. The fourth-order valence-electron chi connectivity index (χ4n) is 4.21. The van der Waals surface area contributed by atoms with Crippen molar-refractivity contribution in [2.75, 3.05) is 54.1 Å². The van der Waals surface area contributed by atoms with Crippen molar-refractivity contribution >= 4 is 5.91 Å². The molecule has 2 aromatic carbocycles. The first-order chi connectivity index (χ1) is 14.6. The number of carbonyl (C=O) groups is 1. The zero-order valence-electron chi connectivity index (χ0n) is 17.8. The Labute approximate surface area is 177 Å². The van der Waals surface area contributed by atoms with Gasteiger partial charge in [0.2, 0.25) is 0 Å². The van der Waals surface area contributed by atoms with Crippen LogP contribution in [0.25, 0.3) is 0 Å². The molecule has 0 radical (unpaired) electrons. The van der Waals surface area contributed by atoms with Gasteiger partial charge in [0.15, 0.2) is 11.5 Å². The molecular formula is C23H29N2O5+. The summed E-state index contributed by atoms with van der Waals surface area (Å²) in [6.45, 7) is 4.99. The highest BCUT2D eigenvalue weighted by Crippen LogP contribution is 2.35. The van der Waals surface area contributed by atoms with E-state index in [2.05, 4.69) is 18.2 Å². The Kier molecular flexibility index (Phi) is 5.99. The molecule has 1 fully saturated rings. The first-order valence-electron chi connectivity index (χ1n) is 10.3. The monoisotopic (exact) mass is 413 g/mol. The van der Waals surface area contributed by atoms with E-state index in [9.17, 15) is 4.79 Å². The number of piperazine rings is 1. The molecule has 0 bridgehead atoms. The Bertz CT molecular complexity index is 922. The number of benzene rings is 2. The number of ether oxygens (including phenoxy) is 4. The van der Waals surface area contributed by atoms with Crippen molar-refractivity contribution in [1.82, 2.24) is 4.90 Å². The van der Waals surface area contributed by atoms with E-state index in [0.29, 0.717) is 35.9 Å². The van der Waals surface area contributed by atoms with Crippen LogP contribution < -0.4 is 23.8 Å². The molecule has 7 heteroatoms. The van der Waals surface area contributed by atoms with Gasteiger partial charge in [-0.25, -0.2) is 0 Å². The van der Waals surface area contributed by atoms with Crippen LogP contribution in [0.15, 0.2) is 30.3 Å². The second-order valence-electron chi connectivity index (χ2n) is 7.67. The molecule has 7 nitrogen and oxygen atoms in total. The number of hydrogen-bond donors (Lipinski definition) is 1. The van der Waals surface area contributed by atoms with Gasteiger partial charge in [-0.1, -0.05) is 0 Å². The molecule has 30 heavy (non-hydrogen) atoms. The first-order valence-corrected chi connectivity index (χ1v) is 10.3. The minimum atomic E-state index is -0.0402. The Morgan fingerprint density at radius 2 is 1.70 bits per heavy atom. The smallest absolute Gasteiger partial charge is 0.258 e. The third kappa shape index (κ3) is 4.03. The van der Waals surface area contributed by atoms with E-state index in [-0.39, 0.29) is 5.91 Å². The average molecular weight is 413 g/mol. The molecule has 1 N–H and O–H groups in total. The summed E-state index contributed by atoms with van der Waals surface area (Å²) < 4.78 is 21.7. The van der Waals surface area contributed by atoms with E-state index < -0.39 is 0 Å². The maximum absolute atomic E-state index is 13.2. The lowest BCUT2D eigenvalue weighted by molar-refractivity contribution is -0.917. The molecule has 2 aromatic rings. The number of rotatable bonds is 6. The topological polar surface area (TPSA) is 61.7 Å². The highest BCUT2D eigenvalue weighted by Gasteiger charge is 2.28. The summed E-state index contributed by atoms with van der Waals surface area (Å²) in [6.07, 6.45) is 0.994. The fourth-order valence-corrected chi connectivity index (χ4v) is 4.21. The largest absolute Gasteiger partial charge is 0.496 e. The summed E-state index contributed by atoms with van der Waals surface area (Å²) in [6, 6.07) is 9.90. The van der Waals surface area contributed by atoms with E-state index in [1.165, 1.54) is 16.0 Å². The van der Waals surface area contributed by atoms with Crippen molar-refractivity contribution in [1.29, 1.82) is 0 Å². The summed E-state index contributed by atoms with van der Waals surface area (Å²) in [5, 5.41) is 0. The molecule has 2 aliphatic heterocycles. The predicted molar refractivity (Wildman–Crippen MR) is 112 cm³/mol. The van der Waals surface area contributed by atoms with Crippen LogP contribution in [0, 0.1) is 0 Å². The van der Waals surface area contributed by atoms with Crippen LogP contribution in [0.3, 0.4) is 0 Å². The minimum Gasteiger partial charge on any atom is -0.496 e. The Morgan fingerprint density at radius 1 is 1.00 bits per heavy atom. The second kappa shape index (κ2) is 8.83. The van der Waals surface area contributed by atoms with E-state index in [0.717, 1.165) is 38.4 Å². The van der Waals surface area contributed by atoms with Gasteiger partial charge in [-0.05, 0) is 23.8 Å². The molecule has 0 atom stereocenters. The third-order valence-electron chi connectivity index (χ3n) is 5.90. The summed E-state index contributed by atoms with van der Waals surface area (Å²) in [5.74, 6) is 2.54. The van der Waals surface area contributed by atoms with E-state index >= 15 is 0 Å². The van der Waals surface area contributed by atoms with Gasteiger partial charge < -0.3 is 28.7 Å². The van der Waals surface area contributed by atoms with Crippen LogP contribution in [0.5, 0.6) is 23.0 Å². The van der Waals surface area contributed by atoms with Crippen molar-refractivity contribution in [3.63, 3.8) is 0 Å². The number of methoxy groups -OCH3 is 3. The number of amides is 1. The van der Waals surface area contributed by atoms with Crippen LogP contribution in [0.1, 0.15) is 21.5 Å². The van der Waals surface area contributed by atoms with Crippen molar-refractivity contribution < 1.29 is 28.6 Å².